The third kappa shape index (κ3) is 1.28. The van der Waals surface area contributed by atoms with Crippen LogP contribution in [0.15, 0.2) is 0 Å². The summed E-state index contributed by atoms with van der Waals surface area (Å²) in [5, 5.41) is 14.4. The summed E-state index contributed by atoms with van der Waals surface area (Å²) in [6.45, 7) is 2.19. The fourth-order valence-electron chi connectivity index (χ4n) is 1.69. The van der Waals surface area contributed by atoms with Gasteiger partial charge in [-0.05, 0) is 12.8 Å². The van der Waals surface area contributed by atoms with Crippen LogP contribution in [0.3, 0.4) is 0 Å². The molecule has 0 aromatic carbocycles. The molecule has 1 aliphatic carbocycles. The minimum atomic E-state index is 0.659. The van der Waals surface area contributed by atoms with Crippen molar-refractivity contribution in [2.24, 2.45) is 0 Å². The van der Waals surface area contributed by atoms with E-state index < -0.39 is 0 Å². The molecule has 2 aliphatic rings. The van der Waals surface area contributed by atoms with E-state index in [1.165, 1.54) is 29.3 Å². The Morgan fingerprint density at radius 1 is 1.08 bits per heavy atom. The molecule has 4 heteroatoms. The van der Waals surface area contributed by atoms with Gasteiger partial charge in [-0.3, -0.25) is 0 Å². The van der Waals surface area contributed by atoms with Gasteiger partial charge in [0.25, 0.3) is 0 Å². The molecule has 0 spiro atoms. The molecule has 1 aliphatic heterocycles. The Morgan fingerprint density at radius 2 is 1.77 bits per heavy atom. The Hall–Kier alpha value is -0.480. The standard InChI is InChI=1S/C9H13N3S/c1-2-6(3-1)8-11-12-9(13-8)7-4-10-5-7/h6-7,10H,1-5H2. The average Bonchev–Trinajstić information content (AvgIpc) is 2.29. The van der Waals surface area contributed by atoms with Crippen LogP contribution >= 0.6 is 11.3 Å². The lowest BCUT2D eigenvalue weighted by molar-refractivity contribution is 0.415. The summed E-state index contributed by atoms with van der Waals surface area (Å²) in [7, 11) is 0. The molecule has 13 heavy (non-hydrogen) atoms. The van der Waals surface area contributed by atoms with Gasteiger partial charge in [-0.25, -0.2) is 0 Å². The summed E-state index contributed by atoms with van der Waals surface area (Å²) < 4.78 is 0. The predicted octanol–water partition coefficient (Wildman–Crippen LogP) is 1.49. The third-order valence-corrected chi connectivity index (χ3v) is 4.29. The van der Waals surface area contributed by atoms with Gasteiger partial charge in [-0.15, -0.1) is 21.5 Å². The van der Waals surface area contributed by atoms with E-state index in [2.05, 4.69) is 15.5 Å². The number of hydrogen-bond acceptors (Lipinski definition) is 4. The van der Waals surface area contributed by atoms with E-state index in [1.54, 1.807) is 0 Å². The van der Waals surface area contributed by atoms with Crippen molar-refractivity contribution in [3.63, 3.8) is 0 Å². The molecule has 2 fully saturated rings. The summed E-state index contributed by atoms with van der Waals surface area (Å²) in [6, 6.07) is 0. The van der Waals surface area contributed by atoms with Crippen LogP contribution in [0.5, 0.6) is 0 Å². The summed E-state index contributed by atoms with van der Waals surface area (Å²) >= 11 is 1.84. The summed E-state index contributed by atoms with van der Waals surface area (Å²) in [5.74, 6) is 1.41. The first kappa shape index (κ1) is 7.88. The van der Waals surface area contributed by atoms with Crippen LogP contribution in [0.1, 0.15) is 41.1 Å². The first-order chi connectivity index (χ1) is 6.43. The van der Waals surface area contributed by atoms with Gasteiger partial charge in [0.2, 0.25) is 0 Å². The molecule has 1 saturated heterocycles. The number of nitrogens with one attached hydrogen (secondary N) is 1. The van der Waals surface area contributed by atoms with Crippen LogP contribution in [-0.2, 0) is 0 Å². The maximum Gasteiger partial charge on any atom is 0.123 e. The molecule has 0 radical (unpaired) electrons. The maximum absolute atomic E-state index is 4.28. The van der Waals surface area contributed by atoms with Crippen LogP contribution in [-0.4, -0.2) is 23.3 Å². The van der Waals surface area contributed by atoms with Gasteiger partial charge in [-0.2, -0.15) is 0 Å². The van der Waals surface area contributed by atoms with E-state index in [9.17, 15) is 0 Å². The van der Waals surface area contributed by atoms with Gasteiger partial charge >= 0.3 is 0 Å². The molecular weight excluding hydrogens is 182 g/mol. The van der Waals surface area contributed by atoms with Crippen molar-refractivity contribution >= 4 is 11.3 Å². The van der Waals surface area contributed by atoms with E-state index in [-0.39, 0.29) is 0 Å². The lowest BCUT2D eigenvalue weighted by atomic mass is 9.86. The van der Waals surface area contributed by atoms with Crippen molar-refractivity contribution in [3.8, 4) is 0 Å². The van der Waals surface area contributed by atoms with Crippen LogP contribution in [0.25, 0.3) is 0 Å². The molecule has 1 aromatic rings. The second-order valence-electron chi connectivity index (χ2n) is 3.96. The Labute approximate surface area is 81.6 Å². The molecule has 2 heterocycles. The second kappa shape index (κ2) is 3.03. The number of hydrogen-bond donors (Lipinski definition) is 1. The van der Waals surface area contributed by atoms with E-state index in [4.69, 9.17) is 0 Å². The van der Waals surface area contributed by atoms with Gasteiger partial charge in [0.15, 0.2) is 0 Å². The lowest BCUT2D eigenvalue weighted by Crippen LogP contribution is -2.39. The Kier molecular flexibility index (Phi) is 1.84. The first-order valence-corrected chi connectivity index (χ1v) is 5.79. The highest BCUT2D eigenvalue weighted by molar-refractivity contribution is 7.11. The third-order valence-electron chi connectivity index (χ3n) is 3.04. The monoisotopic (exact) mass is 195 g/mol. The quantitative estimate of drug-likeness (QED) is 0.777. The van der Waals surface area contributed by atoms with Crippen molar-refractivity contribution < 1.29 is 0 Å². The Bertz CT molecular complexity index is 273. The Morgan fingerprint density at radius 3 is 2.23 bits per heavy atom. The van der Waals surface area contributed by atoms with Crippen LogP contribution in [0.2, 0.25) is 0 Å². The molecule has 70 valence electrons. The molecule has 0 amide bonds. The van der Waals surface area contributed by atoms with Crippen molar-refractivity contribution in [2.45, 2.75) is 31.1 Å². The van der Waals surface area contributed by atoms with Crippen molar-refractivity contribution in [3.05, 3.63) is 10.0 Å². The lowest BCUT2D eigenvalue weighted by Gasteiger charge is -2.24. The summed E-state index contributed by atoms with van der Waals surface area (Å²) in [4.78, 5) is 0. The molecule has 1 aromatic heterocycles. The van der Waals surface area contributed by atoms with Crippen LogP contribution in [0, 0.1) is 0 Å². The van der Waals surface area contributed by atoms with Gasteiger partial charge in [0, 0.05) is 24.9 Å². The molecule has 1 N–H and O–H groups in total. The smallest absolute Gasteiger partial charge is 0.123 e. The van der Waals surface area contributed by atoms with Crippen molar-refractivity contribution in [2.75, 3.05) is 13.1 Å². The molecule has 0 atom stereocenters. The summed E-state index contributed by atoms with van der Waals surface area (Å²) in [6.07, 6.45) is 4.04. The van der Waals surface area contributed by atoms with Crippen LogP contribution in [0.4, 0.5) is 0 Å². The van der Waals surface area contributed by atoms with E-state index in [0.29, 0.717) is 5.92 Å². The highest BCUT2D eigenvalue weighted by atomic mass is 32.1. The van der Waals surface area contributed by atoms with E-state index >= 15 is 0 Å². The molecular formula is C9H13N3S. The van der Waals surface area contributed by atoms with E-state index in [1.807, 2.05) is 11.3 Å². The SMILES string of the molecule is C1CC(c2nnc(C3CNC3)s2)C1. The minimum Gasteiger partial charge on any atom is -0.315 e. The van der Waals surface area contributed by atoms with Crippen LogP contribution < -0.4 is 5.32 Å². The Balaban J connectivity index is 1.76. The first-order valence-electron chi connectivity index (χ1n) is 4.97. The molecule has 1 saturated carbocycles. The molecule has 3 nitrogen and oxygen atoms in total. The zero-order valence-corrected chi connectivity index (χ0v) is 8.31. The molecule has 0 bridgehead atoms. The van der Waals surface area contributed by atoms with Gasteiger partial charge in [-0.1, -0.05) is 6.42 Å². The second-order valence-corrected chi connectivity index (χ2v) is 5.00. The predicted molar refractivity (Wildman–Crippen MR) is 52.1 cm³/mol. The normalized spacial score (nSPS) is 24.0. The van der Waals surface area contributed by atoms with Crippen molar-refractivity contribution in [1.82, 2.24) is 15.5 Å². The average molecular weight is 195 g/mol. The van der Waals surface area contributed by atoms with E-state index in [0.717, 1.165) is 19.0 Å². The number of aromatic nitrogens is 2. The summed E-state index contributed by atoms with van der Waals surface area (Å²) in [5.41, 5.74) is 0. The molecule has 3 rings (SSSR count). The molecule has 0 unspecified atom stereocenters. The highest BCUT2D eigenvalue weighted by Crippen LogP contribution is 2.38. The zero-order valence-electron chi connectivity index (χ0n) is 7.49. The largest absolute Gasteiger partial charge is 0.315 e. The van der Waals surface area contributed by atoms with Gasteiger partial charge in [0.1, 0.15) is 10.0 Å². The number of nitrogens with zero attached hydrogens (tertiary/aromatic N) is 2. The van der Waals surface area contributed by atoms with Gasteiger partial charge in [0.05, 0.1) is 0 Å². The fraction of sp³-hybridized carbons (Fsp3) is 0.778. The minimum absolute atomic E-state index is 0.659. The topological polar surface area (TPSA) is 37.8 Å². The maximum atomic E-state index is 4.28. The zero-order chi connectivity index (χ0) is 8.67. The van der Waals surface area contributed by atoms with Crippen molar-refractivity contribution in [1.29, 1.82) is 0 Å². The number of rotatable bonds is 2. The fourth-order valence-corrected chi connectivity index (χ4v) is 2.81. The highest BCUT2D eigenvalue weighted by Gasteiger charge is 2.27. The van der Waals surface area contributed by atoms with Gasteiger partial charge < -0.3 is 5.32 Å².